The van der Waals surface area contributed by atoms with Gasteiger partial charge in [-0.3, -0.25) is 4.90 Å². The Hall–Kier alpha value is -1.88. The molecule has 180 valence electrons. The number of hydrogen-bond acceptors (Lipinski definition) is 5. The average molecular weight is 566 g/mol. The van der Waals surface area contributed by atoms with Gasteiger partial charge in [0, 0.05) is 44.2 Å². The van der Waals surface area contributed by atoms with Gasteiger partial charge in [0.2, 0.25) is 0 Å². The van der Waals surface area contributed by atoms with E-state index in [1.807, 2.05) is 30.7 Å². The van der Waals surface area contributed by atoms with E-state index in [2.05, 4.69) is 37.9 Å². The maximum atomic E-state index is 5.86. The highest BCUT2D eigenvalue weighted by atomic mass is 127. The molecule has 3 heterocycles. The molecule has 1 aliphatic carbocycles. The summed E-state index contributed by atoms with van der Waals surface area (Å²) < 4.78 is 7.86. The predicted octanol–water partition coefficient (Wildman–Crippen LogP) is 3.32. The number of para-hydroxylation sites is 1. The van der Waals surface area contributed by atoms with E-state index in [-0.39, 0.29) is 30.0 Å². The number of halogens is 1. The Labute approximate surface area is 213 Å². The first kappa shape index (κ1) is 24.3. The van der Waals surface area contributed by atoms with Crippen LogP contribution in [0.25, 0.3) is 0 Å². The third kappa shape index (κ3) is 5.62. The molecule has 2 aliphatic heterocycles. The van der Waals surface area contributed by atoms with Gasteiger partial charge in [-0.2, -0.15) is 0 Å². The number of nitrogens with one attached hydrogen (secondary N) is 2. The third-order valence-corrected chi connectivity index (χ3v) is 7.23. The summed E-state index contributed by atoms with van der Waals surface area (Å²) >= 11 is 0. The van der Waals surface area contributed by atoms with Crippen LogP contribution in [-0.4, -0.2) is 57.4 Å². The third-order valence-electron chi connectivity index (χ3n) is 7.23. The lowest BCUT2D eigenvalue weighted by molar-refractivity contribution is 0.241. The number of aromatic nitrogens is 3. The molecule has 0 bridgehead atoms. The van der Waals surface area contributed by atoms with E-state index in [1.54, 1.807) is 0 Å². The van der Waals surface area contributed by atoms with E-state index >= 15 is 0 Å². The molecule has 5 rings (SSSR count). The Morgan fingerprint density at radius 3 is 2.73 bits per heavy atom. The second-order valence-electron chi connectivity index (χ2n) is 9.32. The highest BCUT2D eigenvalue weighted by molar-refractivity contribution is 14.0. The van der Waals surface area contributed by atoms with Gasteiger partial charge in [-0.25, -0.2) is 4.99 Å². The molecule has 0 amide bonds. The fraction of sp³-hybridized carbons (Fsp3) is 0.625. The zero-order valence-corrected chi connectivity index (χ0v) is 22.0. The molecule has 0 spiro atoms. The molecule has 1 saturated carbocycles. The number of ether oxygens (including phenoxy) is 1. The van der Waals surface area contributed by atoms with Gasteiger partial charge in [0.25, 0.3) is 0 Å². The van der Waals surface area contributed by atoms with Gasteiger partial charge < -0.3 is 19.9 Å². The second-order valence-corrected chi connectivity index (χ2v) is 9.32. The molecule has 1 saturated heterocycles. The Balaban J connectivity index is 0.00000259. The number of hydrogen-bond donors (Lipinski definition) is 2. The molecule has 2 fully saturated rings. The fourth-order valence-corrected chi connectivity index (χ4v) is 5.23. The smallest absolute Gasteiger partial charge is 0.192 e. The lowest BCUT2D eigenvalue weighted by Crippen LogP contribution is -2.47. The quantitative estimate of drug-likeness (QED) is 0.329. The Morgan fingerprint density at radius 2 is 1.94 bits per heavy atom. The van der Waals surface area contributed by atoms with E-state index in [1.165, 1.54) is 37.8 Å². The summed E-state index contributed by atoms with van der Waals surface area (Å²) in [5.41, 5.74) is 1.20. The number of aliphatic imine (C=N–C) groups is 1. The Bertz CT molecular complexity index is 956. The highest BCUT2D eigenvalue weighted by Crippen LogP contribution is 2.31. The van der Waals surface area contributed by atoms with Crippen LogP contribution in [0.1, 0.15) is 61.8 Å². The second kappa shape index (κ2) is 11.0. The van der Waals surface area contributed by atoms with Crippen LogP contribution in [0.5, 0.6) is 5.75 Å². The maximum Gasteiger partial charge on any atom is 0.192 e. The van der Waals surface area contributed by atoms with Crippen LogP contribution in [0.4, 0.5) is 0 Å². The molecule has 2 atom stereocenters. The zero-order valence-electron chi connectivity index (χ0n) is 19.7. The van der Waals surface area contributed by atoms with Crippen LogP contribution < -0.4 is 15.4 Å². The lowest BCUT2D eigenvalue weighted by atomic mass is 10.0. The summed E-state index contributed by atoms with van der Waals surface area (Å²) in [6.45, 7) is 5.45. The van der Waals surface area contributed by atoms with Crippen molar-refractivity contribution < 1.29 is 4.74 Å². The van der Waals surface area contributed by atoms with Gasteiger partial charge in [-0.05, 0) is 32.3 Å². The first-order chi connectivity index (χ1) is 15.7. The molecular formula is C24H36IN7O. The largest absolute Gasteiger partial charge is 0.493 e. The van der Waals surface area contributed by atoms with E-state index in [0.717, 1.165) is 48.8 Å². The summed E-state index contributed by atoms with van der Waals surface area (Å²) in [6, 6.07) is 9.67. The van der Waals surface area contributed by atoms with Gasteiger partial charge in [0.05, 0.1) is 12.6 Å². The van der Waals surface area contributed by atoms with Gasteiger partial charge >= 0.3 is 0 Å². The monoisotopic (exact) mass is 565 g/mol. The van der Waals surface area contributed by atoms with Gasteiger partial charge in [-0.1, -0.05) is 31.0 Å². The number of guanidine groups is 1. The zero-order chi connectivity index (χ0) is 21.9. The molecule has 9 heteroatoms. The minimum atomic E-state index is 0. The lowest BCUT2D eigenvalue weighted by Gasteiger charge is -2.29. The Morgan fingerprint density at radius 1 is 1.12 bits per heavy atom. The molecule has 2 unspecified atom stereocenters. The molecule has 8 nitrogen and oxygen atoms in total. The first-order valence-corrected chi connectivity index (χ1v) is 12.1. The van der Waals surface area contributed by atoms with Crippen molar-refractivity contribution >= 4 is 29.9 Å². The van der Waals surface area contributed by atoms with E-state index in [0.29, 0.717) is 19.2 Å². The topological polar surface area (TPSA) is 79.6 Å². The molecule has 2 N–H and O–H groups in total. The van der Waals surface area contributed by atoms with Gasteiger partial charge in [0.1, 0.15) is 18.1 Å². The SMILES string of the molecule is Cc1nnc(CN=C(NC2CCN(C3CCCC3)C2)NC2CCOc3ccccc32)n1C.I. The van der Waals surface area contributed by atoms with Crippen molar-refractivity contribution in [1.29, 1.82) is 0 Å². The van der Waals surface area contributed by atoms with Crippen LogP contribution in [-0.2, 0) is 13.6 Å². The van der Waals surface area contributed by atoms with Crippen molar-refractivity contribution in [2.24, 2.45) is 12.0 Å². The van der Waals surface area contributed by atoms with Crippen LogP contribution in [0.2, 0.25) is 0 Å². The van der Waals surface area contributed by atoms with Crippen molar-refractivity contribution in [3.63, 3.8) is 0 Å². The van der Waals surface area contributed by atoms with Crippen molar-refractivity contribution in [3.8, 4) is 5.75 Å². The molecule has 33 heavy (non-hydrogen) atoms. The average Bonchev–Trinajstić information content (AvgIpc) is 3.56. The number of aryl methyl sites for hydroxylation is 1. The summed E-state index contributed by atoms with van der Waals surface area (Å²) in [6.07, 6.45) is 7.55. The van der Waals surface area contributed by atoms with Crippen LogP contribution >= 0.6 is 24.0 Å². The summed E-state index contributed by atoms with van der Waals surface area (Å²) in [4.78, 5) is 7.61. The van der Waals surface area contributed by atoms with Crippen LogP contribution in [0.3, 0.4) is 0 Å². The number of likely N-dealkylation sites (tertiary alicyclic amines) is 1. The van der Waals surface area contributed by atoms with E-state index in [9.17, 15) is 0 Å². The predicted molar refractivity (Wildman–Crippen MR) is 140 cm³/mol. The minimum Gasteiger partial charge on any atom is -0.493 e. The Kier molecular flexibility index (Phi) is 8.11. The standard InChI is InChI=1S/C24H35N7O.HI/c1-17-28-29-23(30(17)2)15-25-24(26-18-11-13-31(16-18)19-7-3-4-8-19)27-21-12-14-32-22-10-6-5-9-20(21)22;/h5-6,9-10,18-19,21H,3-4,7-8,11-16H2,1-2H3,(H2,25,26,27);1H. The normalized spacial score (nSPS) is 23.6. The van der Waals surface area contributed by atoms with Crippen molar-refractivity contribution in [2.45, 2.75) is 70.1 Å². The fourth-order valence-electron chi connectivity index (χ4n) is 5.23. The van der Waals surface area contributed by atoms with Crippen molar-refractivity contribution in [2.75, 3.05) is 19.7 Å². The maximum absolute atomic E-state index is 5.86. The van der Waals surface area contributed by atoms with Gasteiger partial charge in [0.15, 0.2) is 11.8 Å². The molecule has 1 aromatic carbocycles. The van der Waals surface area contributed by atoms with E-state index in [4.69, 9.17) is 9.73 Å². The van der Waals surface area contributed by atoms with Crippen molar-refractivity contribution in [1.82, 2.24) is 30.3 Å². The van der Waals surface area contributed by atoms with Gasteiger partial charge in [-0.15, -0.1) is 34.2 Å². The number of benzene rings is 1. The molecule has 1 aromatic heterocycles. The summed E-state index contributed by atoms with van der Waals surface area (Å²) in [7, 11) is 1.99. The van der Waals surface area contributed by atoms with Crippen LogP contribution in [0.15, 0.2) is 29.3 Å². The molecular weight excluding hydrogens is 529 g/mol. The first-order valence-electron chi connectivity index (χ1n) is 12.1. The summed E-state index contributed by atoms with van der Waals surface area (Å²) in [5.74, 6) is 3.59. The number of rotatable bonds is 5. The molecule has 0 radical (unpaired) electrons. The summed E-state index contributed by atoms with van der Waals surface area (Å²) in [5, 5.41) is 15.9. The number of nitrogens with zero attached hydrogens (tertiary/aromatic N) is 5. The highest BCUT2D eigenvalue weighted by Gasteiger charge is 2.31. The van der Waals surface area contributed by atoms with Crippen molar-refractivity contribution in [3.05, 3.63) is 41.5 Å². The molecule has 3 aliphatic rings. The molecule has 2 aromatic rings. The van der Waals surface area contributed by atoms with Crippen LogP contribution in [0, 0.1) is 6.92 Å². The van der Waals surface area contributed by atoms with E-state index < -0.39 is 0 Å². The number of fused-ring (bicyclic) bond motifs is 1. The minimum absolute atomic E-state index is 0.